The summed E-state index contributed by atoms with van der Waals surface area (Å²) in [5.41, 5.74) is 1.35. The van der Waals surface area contributed by atoms with Gasteiger partial charge in [-0.1, -0.05) is 11.6 Å². The lowest BCUT2D eigenvalue weighted by molar-refractivity contribution is -0.136. The minimum absolute atomic E-state index is 0.000637. The van der Waals surface area contributed by atoms with E-state index in [0.29, 0.717) is 23.0 Å². The number of carbonyl (C=O) groups excluding carboxylic acids is 2. The van der Waals surface area contributed by atoms with Gasteiger partial charge in [0.25, 0.3) is 0 Å². The standard InChI is InChI=1S/C15H19ClN2O3/c1-9-8-11(16)4-5-12(9)17-14(20)15(21)18-13(6-7-19)10-2-3-10/h4-5,8,10,13,19H,2-3,6-7H2,1H3,(H,17,20)(H,18,21). The SMILES string of the molecule is Cc1cc(Cl)ccc1NC(=O)C(=O)NC(CCO)C1CC1. The first-order valence-corrected chi connectivity index (χ1v) is 7.38. The average molecular weight is 311 g/mol. The quantitative estimate of drug-likeness (QED) is 0.726. The molecule has 2 amide bonds. The number of nitrogens with one attached hydrogen (secondary N) is 2. The Morgan fingerprint density at radius 3 is 2.67 bits per heavy atom. The molecule has 21 heavy (non-hydrogen) atoms. The maximum absolute atomic E-state index is 11.9. The molecule has 0 spiro atoms. The summed E-state index contributed by atoms with van der Waals surface area (Å²) in [6, 6.07) is 4.91. The van der Waals surface area contributed by atoms with E-state index >= 15 is 0 Å². The lowest BCUT2D eigenvalue weighted by atomic mass is 10.1. The van der Waals surface area contributed by atoms with Crippen molar-refractivity contribution in [1.82, 2.24) is 5.32 Å². The molecule has 1 aromatic rings. The molecule has 1 fully saturated rings. The first kappa shape index (κ1) is 15.8. The molecule has 6 heteroatoms. The van der Waals surface area contributed by atoms with Gasteiger partial charge >= 0.3 is 11.8 Å². The summed E-state index contributed by atoms with van der Waals surface area (Å²) in [5, 5.41) is 14.8. The highest BCUT2D eigenvalue weighted by Crippen LogP contribution is 2.33. The molecule has 2 rings (SSSR count). The van der Waals surface area contributed by atoms with Crippen molar-refractivity contribution in [2.45, 2.75) is 32.2 Å². The number of aliphatic hydroxyl groups is 1. The van der Waals surface area contributed by atoms with Crippen LogP contribution in [0.25, 0.3) is 0 Å². The van der Waals surface area contributed by atoms with Gasteiger partial charge in [0.2, 0.25) is 0 Å². The molecule has 3 N–H and O–H groups in total. The number of anilines is 1. The van der Waals surface area contributed by atoms with Crippen molar-refractivity contribution >= 4 is 29.1 Å². The fourth-order valence-corrected chi connectivity index (χ4v) is 2.47. The fraction of sp³-hybridized carbons (Fsp3) is 0.467. The largest absolute Gasteiger partial charge is 0.396 e. The van der Waals surface area contributed by atoms with Crippen LogP contribution < -0.4 is 10.6 Å². The maximum atomic E-state index is 11.9. The molecule has 0 bridgehead atoms. The zero-order chi connectivity index (χ0) is 15.4. The summed E-state index contributed by atoms with van der Waals surface area (Å²) in [5.74, 6) is -0.995. The molecule has 114 valence electrons. The Hall–Kier alpha value is -1.59. The lowest BCUT2D eigenvalue weighted by Crippen LogP contribution is -2.43. The molecular formula is C15H19ClN2O3. The monoisotopic (exact) mass is 310 g/mol. The van der Waals surface area contributed by atoms with Gasteiger partial charge in [-0.3, -0.25) is 9.59 Å². The first-order chi connectivity index (χ1) is 10.0. The van der Waals surface area contributed by atoms with E-state index in [1.807, 2.05) is 0 Å². The van der Waals surface area contributed by atoms with Gasteiger partial charge in [0, 0.05) is 23.4 Å². The van der Waals surface area contributed by atoms with Crippen LogP contribution in [0.1, 0.15) is 24.8 Å². The third kappa shape index (κ3) is 4.44. The van der Waals surface area contributed by atoms with Gasteiger partial charge < -0.3 is 15.7 Å². The number of aryl methyl sites for hydroxylation is 1. The summed E-state index contributed by atoms with van der Waals surface area (Å²) in [4.78, 5) is 23.8. The number of benzene rings is 1. The van der Waals surface area contributed by atoms with E-state index < -0.39 is 11.8 Å². The number of hydrogen-bond donors (Lipinski definition) is 3. The van der Waals surface area contributed by atoms with E-state index in [9.17, 15) is 9.59 Å². The van der Waals surface area contributed by atoms with E-state index in [2.05, 4.69) is 10.6 Å². The Balaban J connectivity index is 1.94. The molecule has 0 aliphatic heterocycles. The fourth-order valence-electron chi connectivity index (χ4n) is 2.24. The third-order valence-electron chi connectivity index (χ3n) is 3.59. The van der Waals surface area contributed by atoms with Crippen molar-refractivity contribution < 1.29 is 14.7 Å². The highest BCUT2D eigenvalue weighted by atomic mass is 35.5. The number of halogens is 1. The van der Waals surface area contributed by atoms with Gasteiger partial charge in [-0.15, -0.1) is 0 Å². The van der Waals surface area contributed by atoms with E-state index in [-0.39, 0.29) is 12.6 Å². The summed E-state index contributed by atoms with van der Waals surface area (Å²) < 4.78 is 0. The first-order valence-electron chi connectivity index (χ1n) is 7.00. The Morgan fingerprint density at radius 1 is 1.38 bits per heavy atom. The van der Waals surface area contributed by atoms with Crippen molar-refractivity contribution in [1.29, 1.82) is 0 Å². The van der Waals surface area contributed by atoms with Gasteiger partial charge in [0.15, 0.2) is 0 Å². The van der Waals surface area contributed by atoms with E-state index in [1.54, 1.807) is 25.1 Å². The van der Waals surface area contributed by atoms with E-state index in [1.165, 1.54) is 0 Å². The minimum Gasteiger partial charge on any atom is -0.396 e. The van der Waals surface area contributed by atoms with Gasteiger partial charge in [-0.05, 0) is 55.9 Å². The predicted octanol–water partition coefficient (Wildman–Crippen LogP) is 1.86. The third-order valence-corrected chi connectivity index (χ3v) is 3.83. The molecular weight excluding hydrogens is 292 g/mol. The maximum Gasteiger partial charge on any atom is 0.313 e. The Kier molecular flexibility index (Phi) is 5.20. The molecule has 5 nitrogen and oxygen atoms in total. The smallest absolute Gasteiger partial charge is 0.313 e. The van der Waals surface area contributed by atoms with Crippen LogP contribution in [0.2, 0.25) is 5.02 Å². The highest BCUT2D eigenvalue weighted by molar-refractivity contribution is 6.39. The second-order valence-corrected chi connectivity index (χ2v) is 5.78. The van der Waals surface area contributed by atoms with Gasteiger partial charge in [0.1, 0.15) is 0 Å². The molecule has 1 aliphatic rings. The Labute approximate surface area is 128 Å². The molecule has 0 aromatic heterocycles. The second kappa shape index (κ2) is 6.91. The summed E-state index contributed by atoms with van der Waals surface area (Å²) in [6.45, 7) is 1.80. The van der Waals surface area contributed by atoms with Crippen LogP contribution >= 0.6 is 11.6 Å². The number of amides is 2. The van der Waals surface area contributed by atoms with Crippen LogP contribution in [0.15, 0.2) is 18.2 Å². The topological polar surface area (TPSA) is 78.4 Å². The molecule has 1 atom stereocenters. The Morgan fingerprint density at radius 2 is 2.10 bits per heavy atom. The van der Waals surface area contributed by atoms with Crippen LogP contribution in [0.4, 0.5) is 5.69 Å². The van der Waals surface area contributed by atoms with Gasteiger partial charge in [-0.25, -0.2) is 0 Å². The predicted molar refractivity (Wildman–Crippen MR) is 81.2 cm³/mol. The van der Waals surface area contributed by atoms with Gasteiger partial charge in [0.05, 0.1) is 0 Å². The molecule has 1 saturated carbocycles. The molecule has 1 aliphatic carbocycles. The van der Waals surface area contributed by atoms with Crippen molar-refractivity contribution in [3.05, 3.63) is 28.8 Å². The Bertz CT molecular complexity index is 544. The van der Waals surface area contributed by atoms with Crippen molar-refractivity contribution in [3.8, 4) is 0 Å². The molecule has 0 heterocycles. The van der Waals surface area contributed by atoms with Crippen LogP contribution in [0.5, 0.6) is 0 Å². The van der Waals surface area contributed by atoms with Crippen molar-refractivity contribution in [2.75, 3.05) is 11.9 Å². The normalized spacial score (nSPS) is 15.4. The van der Waals surface area contributed by atoms with Crippen LogP contribution in [0.3, 0.4) is 0 Å². The second-order valence-electron chi connectivity index (χ2n) is 5.34. The van der Waals surface area contributed by atoms with Gasteiger partial charge in [-0.2, -0.15) is 0 Å². The summed E-state index contributed by atoms with van der Waals surface area (Å²) >= 11 is 5.85. The van der Waals surface area contributed by atoms with Crippen molar-refractivity contribution in [2.24, 2.45) is 5.92 Å². The molecule has 1 unspecified atom stereocenters. The number of hydrogen-bond acceptors (Lipinski definition) is 3. The van der Waals surface area contributed by atoms with Crippen LogP contribution in [0, 0.1) is 12.8 Å². The number of rotatable bonds is 5. The van der Waals surface area contributed by atoms with Crippen LogP contribution in [-0.4, -0.2) is 29.6 Å². The lowest BCUT2D eigenvalue weighted by Gasteiger charge is -2.17. The minimum atomic E-state index is -0.705. The van der Waals surface area contributed by atoms with Crippen molar-refractivity contribution in [3.63, 3.8) is 0 Å². The molecule has 1 aromatic carbocycles. The molecule has 0 saturated heterocycles. The molecule has 0 radical (unpaired) electrons. The summed E-state index contributed by atoms with van der Waals surface area (Å²) in [6.07, 6.45) is 2.54. The number of carbonyl (C=O) groups is 2. The van der Waals surface area contributed by atoms with E-state index in [0.717, 1.165) is 18.4 Å². The van der Waals surface area contributed by atoms with Crippen LogP contribution in [-0.2, 0) is 9.59 Å². The van der Waals surface area contributed by atoms with E-state index in [4.69, 9.17) is 16.7 Å². The average Bonchev–Trinajstić information content (AvgIpc) is 3.25. The number of aliphatic hydroxyl groups excluding tert-OH is 1. The highest BCUT2D eigenvalue weighted by Gasteiger charge is 2.33. The summed E-state index contributed by atoms with van der Waals surface area (Å²) in [7, 11) is 0. The zero-order valence-electron chi connectivity index (χ0n) is 11.9. The zero-order valence-corrected chi connectivity index (χ0v) is 12.6.